The van der Waals surface area contributed by atoms with Crippen LogP contribution >= 0.6 is 0 Å². The summed E-state index contributed by atoms with van der Waals surface area (Å²) in [7, 11) is -3.33. The van der Waals surface area contributed by atoms with Gasteiger partial charge in [0.05, 0.1) is 16.3 Å². The number of anilines is 1. The zero-order valence-electron chi connectivity index (χ0n) is 11.5. The van der Waals surface area contributed by atoms with Crippen LogP contribution in [0.1, 0.15) is 26.2 Å². The SMILES string of the molecule is CCS(=O)(=O)c1ccccc1NC(=O)[C@@H]1CC=CCC1. The predicted octanol–water partition coefficient (Wildman–Crippen LogP) is 2.78. The fourth-order valence-electron chi connectivity index (χ4n) is 2.26. The highest BCUT2D eigenvalue weighted by Crippen LogP contribution is 2.25. The normalized spacial score (nSPS) is 18.8. The van der Waals surface area contributed by atoms with Gasteiger partial charge in [0.15, 0.2) is 9.84 Å². The first-order chi connectivity index (χ1) is 9.54. The van der Waals surface area contributed by atoms with Crippen molar-refractivity contribution in [2.24, 2.45) is 5.92 Å². The molecule has 1 atom stereocenters. The summed E-state index contributed by atoms with van der Waals surface area (Å²) < 4.78 is 24.0. The monoisotopic (exact) mass is 293 g/mol. The van der Waals surface area contributed by atoms with Crippen molar-refractivity contribution in [3.63, 3.8) is 0 Å². The summed E-state index contributed by atoms with van der Waals surface area (Å²) in [6, 6.07) is 6.57. The molecule has 0 aromatic heterocycles. The second kappa shape index (κ2) is 6.22. The van der Waals surface area contributed by atoms with Crippen molar-refractivity contribution < 1.29 is 13.2 Å². The van der Waals surface area contributed by atoms with Gasteiger partial charge in [-0.1, -0.05) is 31.2 Å². The molecule has 0 spiro atoms. The molecule has 0 bridgehead atoms. The lowest BCUT2D eigenvalue weighted by molar-refractivity contribution is -0.120. The van der Waals surface area contributed by atoms with Crippen molar-refractivity contribution in [3.8, 4) is 0 Å². The van der Waals surface area contributed by atoms with E-state index >= 15 is 0 Å². The van der Waals surface area contributed by atoms with Crippen molar-refractivity contribution in [1.29, 1.82) is 0 Å². The Kier molecular flexibility index (Phi) is 4.60. The summed E-state index contributed by atoms with van der Waals surface area (Å²) in [6.07, 6.45) is 6.49. The first kappa shape index (κ1) is 14.8. The molecule has 108 valence electrons. The van der Waals surface area contributed by atoms with E-state index in [9.17, 15) is 13.2 Å². The number of allylic oxidation sites excluding steroid dienone is 2. The Hall–Kier alpha value is -1.62. The molecule has 1 amide bonds. The molecule has 5 heteroatoms. The molecule has 1 aliphatic carbocycles. The number of hydrogen-bond acceptors (Lipinski definition) is 3. The minimum atomic E-state index is -3.33. The maximum Gasteiger partial charge on any atom is 0.227 e. The molecule has 1 aliphatic rings. The van der Waals surface area contributed by atoms with Crippen molar-refractivity contribution in [3.05, 3.63) is 36.4 Å². The van der Waals surface area contributed by atoms with E-state index in [1.165, 1.54) is 6.07 Å². The van der Waals surface area contributed by atoms with Crippen LogP contribution in [-0.2, 0) is 14.6 Å². The lowest BCUT2D eigenvalue weighted by atomic mass is 9.93. The first-order valence-electron chi connectivity index (χ1n) is 6.82. The van der Waals surface area contributed by atoms with Gasteiger partial charge in [-0.25, -0.2) is 8.42 Å². The summed E-state index contributed by atoms with van der Waals surface area (Å²) >= 11 is 0. The highest BCUT2D eigenvalue weighted by Gasteiger charge is 2.22. The van der Waals surface area contributed by atoms with E-state index in [4.69, 9.17) is 0 Å². The number of sulfone groups is 1. The van der Waals surface area contributed by atoms with E-state index in [2.05, 4.69) is 11.4 Å². The summed E-state index contributed by atoms with van der Waals surface area (Å²) in [5.41, 5.74) is 0.383. The molecule has 0 heterocycles. The van der Waals surface area contributed by atoms with Crippen LogP contribution in [0.4, 0.5) is 5.69 Å². The molecular weight excluding hydrogens is 274 g/mol. The van der Waals surface area contributed by atoms with Crippen LogP contribution in [-0.4, -0.2) is 20.1 Å². The number of para-hydroxylation sites is 1. The van der Waals surface area contributed by atoms with Gasteiger partial charge in [0.25, 0.3) is 0 Å². The van der Waals surface area contributed by atoms with Gasteiger partial charge in [-0.05, 0) is 31.4 Å². The molecule has 0 saturated carbocycles. The standard InChI is InChI=1S/C15H19NO3S/c1-2-20(18,19)14-11-7-6-10-13(14)16-15(17)12-8-4-3-5-9-12/h3-4,6-7,10-12H,2,5,8-9H2,1H3,(H,16,17)/t12-/m1/s1. The van der Waals surface area contributed by atoms with E-state index < -0.39 is 9.84 Å². The van der Waals surface area contributed by atoms with Crippen LogP contribution < -0.4 is 5.32 Å². The van der Waals surface area contributed by atoms with E-state index in [1.807, 2.05) is 6.08 Å². The van der Waals surface area contributed by atoms with Crippen LogP contribution in [0.15, 0.2) is 41.3 Å². The molecule has 1 aromatic rings. The number of benzene rings is 1. The molecule has 4 nitrogen and oxygen atoms in total. The number of amides is 1. The van der Waals surface area contributed by atoms with Crippen LogP contribution in [0.25, 0.3) is 0 Å². The Labute approximate surface area is 119 Å². The van der Waals surface area contributed by atoms with Crippen molar-refractivity contribution >= 4 is 21.4 Å². The van der Waals surface area contributed by atoms with Crippen LogP contribution in [0.5, 0.6) is 0 Å². The van der Waals surface area contributed by atoms with Crippen LogP contribution in [0.3, 0.4) is 0 Å². The first-order valence-corrected chi connectivity index (χ1v) is 8.47. The number of rotatable bonds is 4. The van der Waals surface area contributed by atoms with Gasteiger partial charge in [-0.2, -0.15) is 0 Å². The number of carbonyl (C=O) groups excluding carboxylic acids is 1. The van der Waals surface area contributed by atoms with Gasteiger partial charge in [-0.3, -0.25) is 4.79 Å². The van der Waals surface area contributed by atoms with Crippen molar-refractivity contribution in [2.75, 3.05) is 11.1 Å². The number of carbonyl (C=O) groups is 1. The highest BCUT2D eigenvalue weighted by molar-refractivity contribution is 7.91. The summed E-state index contributed by atoms with van der Waals surface area (Å²) in [5, 5.41) is 2.77. The Morgan fingerprint density at radius 2 is 2.05 bits per heavy atom. The van der Waals surface area contributed by atoms with Crippen molar-refractivity contribution in [1.82, 2.24) is 0 Å². The van der Waals surface area contributed by atoms with Crippen LogP contribution in [0.2, 0.25) is 0 Å². The molecule has 1 aromatic carbocycles. The molecule has 0 saturated heterocycles. The maximum absolute atomic E-state index is 12.2. The number of nitrogens with one attached hydrogen (secondary N) is 1. The third-order valence-electron chi connectivity index (χ3n) is 3.50. The zero-order valence-corrected chi connectivity index (χ0v) is 12.3. The van der Waals surface area contributed by atoms with Gasteiger partial charge in [-0.15, -0.1) is 0 Å². The molecule has 0 fully saturated rings. The topological polar surface area (TPSA) is 63.2 Å². The third-order valence-corrected chi connectivity index (χ3v) is 5.29. The zero-order chi connectivity index (χ0) is 14.6. The molecule has 0 radical (unpaired) electrons. The van der Waals surface area contributed by atoms with Gasteiger partial charge in [0.1, 0.15) is 0 Å². The lowest BCUT2D eigenvalue weighted by Crippen LogP contribution is -2.24. The summed E-state index contributed by atoms with van der Waals surface area (Å²) in [5.74, 6) is -0.156. The predicted molar refractivity (Wildman–Crippen MR) is 79.3 cm³/mol. The second-order valence-electron chi connectivity index (χ2n) is 4.87. The fraction of sp³-hybridized carbons (Fsp3) is 0.400. The number of hydrogen-bond donors (Lipinski definition) is 1. The van der Waals surface area contributed by atoms with Gasteiger partial charge < -0.3 is 5.32 Å². The molecule has 1 N–H and O–H groups in total. The molecule has 0 unspecified atom stereocenters. The fourth-order valence-corrected chi connectivity index (χ4v) is 3.31. The van der Waals surface area contributed by atoms with E-state index in [1.54, 1.807) is 25.1 Å². The van der Waals surface area contributed by atoms with Crippen LogP contribution in [0, 0.1) is 5.92 Å². The minimum absolute atomic E-state index is 0.0199. The maximum atomic E-state index is 12.2. The average molecular weight is 293 g/mol. The Balaban J connectivity index is 2.21. The van der Waals surface area contributed by atoms with Gasteiger partial charge in [0, 0.05) is 5.92 Å². The third kappa shape index (κ3) is 3.28. The van der Waals surface area contributed by atoms with E-state index in [0.717, 1.165) is 12.8 Å². The minimum Gasteiger partial charge on any atom is -0.325 e. The summed E-state index contributed by atoms with van der Waals surface area (Å²) in [4.78, 5) is 12.4. The van der Waals surface area contributed by atoms with E-state index in [0.29, 0.717) is 12.1 Å². The average Bonchev–Trinajstić information content (AvgIpc) is 2.48. The summed E-state index contributed by atoms with van der Waals surface area (Å²) in [6.45, 7) is 1.60. The molecule has 2 rings (SSSR count). The molecule has 20 heavy (non-hydrogen) atoms. The Bertz CT molecular complexity index is 620. The Morgan fingerprint density at radius 3 is 2.70 bits per heavy atom. The largest absolute Gasteiger partial charge is 0.325 e. The smallest absolute Gasteiger partial charge is 0.227 e. The lowest BCUT2D eigenvalue weighted by Gasteiger charge is -2.18. The molecular formula is C15H19NO3S. The van der Waals surface area contributed by atoms with Gasteiger partial charge >= 0.3 is 0 Å². The Morgan fingerprint density at radius 1 is 1.30 bits per heavy atom. The van der Waals surface area contributed by atoms with E-state index in [-0.39, 0.29) is 22.5 Å². The molecule has 0 aliphatic heterocycles. The second-order valence-corrected chi connectivity index (χ2v) is 7.12. The highest BCUT2D eigenvalue weighted by atomic mass is 32.2. The van der Waals surface area contributed by atoms with Crippen molar-refractivity contribution in [2.45, 2.75) is 31.1 Å². The van der Waals surface area contributed by atoms with Gasteiger partial charge in [0.2, 0.25) is 5.91 Å². The quantitative estimate of drug-likeness (QED) is 0.868.